The van der Waals surface area contributed by atoms with E-state index in [0.717, 1.165) is 32.8 Å². The van der Waals surface area contributed by atoms with Gasteiger partial charge in [-0.05, 0) is 19.4 Å². The molecule has 0 radical (unpaired) electrons. The molecule has 4 atom stereocenters. The molecule has 134 valence electrons. The van der Waals surface area contributed by atoms with Crippen molar-refractivity contribution >= 4 is 0 Å². The van der Waals surface area contributed by atoms with Gasteiger partial charge in [0.05, 0.1) is 32.0 Å². The summed E-state index contributed by atoms with van der Waals surface area (Å²) in [6.07, 6.45) is -0.277. The second-order valence-electron chi connectivity index (χ2n) is 7.02. The number of aliphatic hydroxyl groups is 1. The number of hydrogen-bond acceptors (Lipinski definition) is 5. The molecule has 1 N–H and O–H groups in total. The van der Waals surface area contributed by atoms with Crippen molar-refractivity contribution in [1.29, 1.82) is 0 Å². The van der Waals surface area contributed by atoms with Crippen molar-refractivity contribution in [3.8, 4) is 0 Å². The highest BCUT2D eigenvalue weighted by Crippen LogP contribution is 2.30. The van der Waals surface area contributed by atoms with Gasteiger partial charge in [0.15, 0.2) is 0 Å². The van der Waals surface area contributed by atoms with Gasteiger partial charge in [0.1, 0.15) is 0 Å². The summed E-state index contributed by atoms with van der Waals surface area (Å²) in [5.41, 5.74) is 1.21. The molecule has 24 heavy (non-hydrogen) atoms. The highest BCUT2D eigenvalue weighted by Gasteiger charge is 2.35. The maximum absolute atomic E-state index is 10.6. The molecule has 4 unspecified atom stereocenters. The Kier molecular flexibility index (Phi) is 6.25. The van der Waals surface area contributed by atoms with Crippen LogP contribution in [0.4, 0.5) is 0 Å². The average molecular weight is 334 g/mol. The summed E-state index contributed by atoms with van der Waals surface area (Å²) in [7, 11) is 0. The van der Waals surface area contributed by atoms with Crippen molar-refractivity contribution in [3.05, 3.63) is 35.9 Å². The molecule has 5 nitrogen and oxygen atoms in total. The van der Waals surface area contributed by atoms with Crippen molar-refractivity contribution < 1.29 is 14.6 Å². The van der Waals surface area contributed by atoms with E-state index in [-0.39, 0.29) is 18.2 Å². The second-order valence-corrected chi connectivity index (χ2v) is 7.02. The molecule has 2 heterocycles. The van der Waals surface area contributed by atoms with Gasteiger partial charge in [-0.3, -0.25) is 9.80 Å². The fourth-order valence-electron chi connectivity index (χ4n) is 3.80. The standard InChI is InChI=1S/C19H30N2O3/c1-15-14-24-19(17-6-4-3-5-7-17)16(2)21(15)13-18(22)12-20-8-10-23-11-9-20/h3-7,15-16,18-19,22H,8-14H2,1-2H3. The number of β-amino-alcohol motifs (C(OH)–C–C–N with tert-alkyl or cyclic N) is 1. The number of morpholine rings is 2. The van der Waals surface area contributed by atoms with Gasteiger partial charge >= 0.3 is 0 Å². The lowest BCUT2D eigenvalue weighted by Gasteiger charge is -2.45. The van der Waals surface area contributed by atoms with Crippen molar-refractivity contribution in [3.63, 3.8) is 0 Å². The third-order valence-corrected chi connectivity index (χ3v) is 5.17. The first kappa shape index (κ1) is 17.8. The molecule has 0 saturated carbocycles. The van der Waals surface area contributed by atoms with E-state index < -0.39 is 0 Å². The summed E-state index contributed by atoms with van der Waals surface area (Å²) in [6.45, 7) is 9.86. The first-order chi connectivity index (χ1) is 11.6. The first-order valence-electron chi connectivity index (χ1n) is 9.05. The summed E-state index contributed by atoms with van der Waals surface area (Å²) in [5.74, 6) is 0. The van der Waals surface area contributed by atoms with Gasteiger partial charge in [-0.2, -0.15) is 0 Å². The van der Waals surface area contributed by atoms with E-state index in [1.165, 1.54) is 5.56 Å². The molecule has 1 aromatic rings. The average Bonchev–Trinajstić information content (AvgIpc) is 2.60. The minimum absolute atomic E-state index is 0.0676. The molecule has 3 rings (SSSR count). The SMILES string of the molecule is CC1COC(c2ccccc2)C(C)N1CC(O)CN1CCOCC1. The molecule has 0 spiro atoms. The molecule has 5 heteroatoms. The van der Waals surface area contributed by atoms with E-state index in [9.17, 15) is 5.11 Å². The fourth-order valence-corrected chi connectivity index (χ4v) is 3.80. The van der Waals surface area contributed by atoms with E-state index in [0.29, 0.717) is 19.2 Å². The Bertz CT molecular complexity index is 493. The maximum atomic E-state index is 10.6. The Balaban J connectivity index is 1.60. The van der Waals surface area contributed by atoms with Crippen molar-refractivity contribution in [2.24, 2.45) is 0 Å². The second kappa shape index (κ2) is 8.41. The van der Waals surface area contributed by atoms with Crippen LogP contribution in [0.25, 0.3) is 0 Å². The van der Waals surface area contributed by atoms with Crippen LogP contribution in [0.15, 0.2) is 30.3 Å². The van der Waals surface area contributed by atoms with Crippen molar-refractivity contribution in [1.82, 2.24) is 9.80 Å². The number of rotatable bonds is 5. The summed E-state index contributed by atoms with van der Waals surface area (Å²) in [6, 6.07) is 11.0. The van der Waals surface area contributed by atoms with Crippen LogP contribution in [0.1, 0.15) is 25.5 Å². The predicted octanol–water partition coefficient (Wildman–Crippen LogP) is 1.53. The Labute approximate surface area is 145 Å². The minimum Gasteiger partial charge on any atom is -0.390 e. The highest BCUT2D eigenvalue weighted by atomic mass is 16.5. The molecule has 0 amide bonds. The van der Waals surface area contributed by atoms with Crippen LogP contribution in [0.3, 0.4) is 0 Å². The van der Waals surface area contributed by atoms with Gasteiger partial charge in [-0.25, -0.2) is 0 Å². The number of benzene rings is 1. The molecule has 0 aromatic heterocycles. The summed E-state index contributed by atoms with van der Waals surface area (Å²) in [5, 5.41) is 10.6. The van der Waals surface area contributed by atoms with Crippen LogP contribution in [-0.4, -0.2) is 79.1 Å². The van der Waals surface area contributed by atoms with Gasteiger partial charge in [-0.15, -0.1) is 0 Å². The van der Waals surface area contributed by atoms with Crippen LogP contribution >= 0.6 is 0 Å². The molecule has 2 aliphatic heterocycles. The number of hydrogen-bond donors (Lipinski definition) is 1. The molecular formula is C19H30N2O3. The monoisotopic (exact) mass is 334 g/mol. The van der Waals surface area contributed by atoms with E-state index in [1.54, 1.807) is 0 Å². The van der Waals surface area contributed by atoms with Gasteiger partial charge in [0.2, 0.25) is 0 Å². The third-order valence-electron chi connectivity index (χ3n) is 5.17. The quantitative estimate of drug-likeness (QED) is 0.885. The predicted molar refractivity (Wildman–Crippen MR) is 94.0 cm³/mol. The molecule has 0 aliphatic carbocycles. The number of aliphatic hydroxyl groups excluding tert-OH is 1. The Morgan fingerprint density at radius 2 is 1.83 bits per heavy atom. The largest absolute Gasteiger partial charge is 0.390 e. The molecule has 2 fully saturated rings. The third kappa shape index (κ3) is 4.35. The Morgan fingerprint density at radius 1 is 1.12 bits per heavy atom. The van der Waals surface area contributed by atoms with Gasteiger partial charge in [0, 0.05) is 38.3 Å². The molecule has 0 bridgehead atoms. The zero-order valence-electron chi connectivity index (χ0n) is 14.8. The van der Waals surface area contributed by atoms with Crippen LogP contribution in [0.5, 0.6) is 0 Å². The number of ether oxygens (including phenoxy) is 2. The van der Waals surface area contributed by atoms with Gasteiger partial charge < -0.3 is 14.6 Å². The highest BCUT2D eigenvalue weighted by molar-refractivity contribution is 5.19. The van der Waals surface area contributed by atoms with Crippen molar-refractivity contribution in [2.75, 3.05) is 46.0 Å². The van der Waals surface area contributed by atoms with Gasteiger partial charge in [0.25, 0.3) is 0 Å². The number of nitrogens with zero attached hydrogens (tertiary/aromatic N) is 2. The van der Waals surface area contributed by atoms with Crippen LogP contribution in [0.2, 0.25) is 0 Å². The minimum atomic E-state index is -0.345. The van der Waals surface area contributed by atoms with Crippen molar-refractivity contribution in [2.45, 2.75) is 38.1 Å². The first-order valence-corrected chi connectivity index (χ1v) is 9.05. The summed E-state index contributed by atoms with van der Waals surface area (Å²) < 4.78 is 11.5. The fraction of sp³-hybridized carbons (Fsp3) is 0.684. The lowest BCUT2D eigenvalue weighted by Crippen LogP contribution is -2.54. The molecule has 2 saturated heterocycles. The molecule has 1 aromatic carbocycles. The summed E-state index contributed by atoms with van der Waals surface area (Å²) in [4.78, 5) is 4.69. The van der Waals surface area contributed by atoms with Gasteiger partial charge in [-0.1, -0.05) is 30.3 Å². The van der Waals surface area contributed by atoms with E-state index in [2.05, 4.69) is 47.9 Å². The van der Waals surface area contributed by atoms with E-state index >= 15 is 0 Å². The lowest BCUT2D eigenvalue weighted by molar-refractivity contribution is -0.108. The summed E-state index contributed by atoms with van der Waals surface area (Å²) >= 11 is 0. The normalized spacial score (nSPS) is 31.0. The smallest absolute Gasteiger partial charge is 0.0978 e. The zero-order valence-corrected chi connectivity index (χ0v) is 14.8. The molecular weight excluding hydrogens is 304 g/mol. The van der Waals surface area contributed by atoms with Crippen LogP contribution in [0, 0.1) is 0 Å². The lowest BCUT2D eigenvalue weighted by atomic mass is 9.98. The zero-order chi connectivity index (χ0) is 16.9. The van der Waals surface area contributed by atoms with E-state index in [4.69, 9.17) is 9.47 Å². The Morgan fingerprint density at radius 3 is 2.54 bits per heavy atom. The van der Waals surface area contributed by atoms with Crippen LogP contribution < -0.4 is 0 Å². The maximum Gasteiger partial charge on any atom is 0.0978 e. The molecule has 2 aliphatic rings. The Hall–Kier alpha value is -0.980. The van der Waals surface area contributed by atoms with Crippen LogP contribution in [-0.2, 0) is 9.47 Å². The van der Waals surface area contributed by atoms with E-state index in [1.807, 2.05) is 6.07 Å². The topological polar surface area (TPSA) is 45.2 Å².